The number of phenols is 1. The number of carbonyl (C=O) groups excluding carboxylic acids is 1. The summed E-state index contributed by atoms with van der Waals surface area (Å²) in [6.45, 7) is 3.20. The van der Waals surface area contributed by atoms with Crippen LogP contribution in [0.2, 0.25) is 5.02 Å². The summed E-state index contributed by atoms with van der Waals surface area (Å²) >= 11 is 5.72. The lowest BCUT2D eigenvalue weighted by Crippen LogP contribution is -1.97. The Balaban J connectivity index is 3.43. The van der Waals surface area contributed by atoms with E-state index >= 15 is 0 Å². The molecule has 0 aromatic heterocycles. The van der Waals surface area contributed by atoms with Gasteiger partial charge in [0.25, 0.3) is 0 Å². The van der Waals surface area contributed by atoms with E-state index in [1.165, 1.54) is 13.0 Å². The van der Waals surface area contributed by atoms with Gasteiger partial charge in [0.1, 0.15) is 5.75 Å². The summed E-state index contributed by atoms with van der Waals surface area (Å²) < 4.78 is 0. The van der Waals surface area contributed by atoms with Gasteiger partial charge in [-0.2, -0.15) is 0 Å². The summed E-state index contributed by atoms with van der Waals surface area (Å²) in [5.74, 6) is -0.180. The molecular formula is C9H9ClO2. The van der Waals surface area contributed by atoms with Crippen LogP contribution in [0.4, 0.5) is 0 Å². The van der Waals surface area contributed by atoms with Crippen molar-refractivity contribution in [1.29, 1.82) is 0 Å². The maximum Gasteiger partial charge on any atom is 0.161 e. The Morgan fingerprint density at radius 1 is 1.50 bits per heavy atom. The van der Waals surface area contributed by atoms with E-state index in [9.17, 15) is 9.90 Å². The molecule has 0 fully saturated rings. The number of halogens is 1. The van der Waals surface area contributed by atoms with E-state index in [-0.39, 0.29) is 16.6 Å². The van der Waals surface area contributed by atoms with E-state index in [1.54, 1.807) is 13.0 Å². The minimum atomic E-state index is -0.131. The second-order valence-corrected chi connectivity index (χ2v) is 3.02. The second kappa shape index (κ2) is 3.15. The molecule has 1 rings (SSSR count). The highest BCUT2D eigenvalue weighted by molar-refractivity contribution is 6.35. The van der Waals surface area contributed by atoms with Crippen LogP contribution in [0.15, 0.2) is 12.1 Å². The Morgan fingerprint density at radius 3 is 2.50 bits per heavy atom. The molecule has 0 radical (unpaired) electrons. The Morgan fingerprint density at radius 2 is 2.08 bits per heavy atom. The zero-order chi connectivity index (χ0) is 9.30. The van der Waals surface area contributed by atoms with Crippen LogP contribution in [0, 0.1) is 6.92 Å². The van der Waals surface area contributed by atoms with Crippen LogP contribution >= 0.6 is 11.6 Å². The van der Waals surface area contributed by atoms with Crippen LogP contribution < -0.4 is 0 Å². The van der Waals surface area contributed by atoms with Gasteiger partial charge in [-0.15, -0.1) is 0 Å². The van der Waals surface area contributed by atoms with Crippen molar-refractivity contribution in [1.82, 2.24) is 0 Å². The lowest BCUT2D eigenvalue weighted by molar-refractivity contribution is 0.101. The van der Waals surface area contributed by atoms with E-state index in [2.05, 4.69) is 0 Å². The predicted octanol–water partition coefficient (Wildman–Crippen LogP) is 2.56. The van der Waals surface area contributed by atoms with E-state index in [0.29, 0.717) is 5.56 Å². The van der Waals surface area contributed by atoms with E-state index in [4.69, 9.17) is 11.6 Å². The molecule has 0 spiro atoms. The Kier molecular flexibility index (Phi) is 2.38. The van der Waals surface area contributed by atoms with Crippen molar-refractivity contribution in [3.8, 4) is 5.75 Å². The molecule has 0 unspecified atom stereocenters. The molecule has 64 valence electrons. The lowest BCUT2D eigenvalue weighted by Gasteiger charge is -2.05. The summed E-state index contributed by atoms with van der Waals surface area (Å²) in [7, 11) is 0. The smallest absolute Gasteiger partial charge is 0.161 e. The van der Waals surface area contributed by atoms with Crippen molar-refractivity contribution in [3.63, 3.8) is 0 Å². The van der Waals surface area contributed by atoms with Crippen molar-refractivity contribution < 1.29 is 9.90 Å². The first-order valence-corrected chi connectivity index (χ1v) is 3.91. The molecule has 1 N–H and O–H groups in total. The average Bonchev–Trinajstić information content (AvgIpc) is 1.97. The van der Waals surface area contributed by atoms with Gasteiger partial charge in [-0.25, -0.2) is 0 Å². The summed E-state index contributed by atoms with van der Waals surface area (Å²) in [6, 6.07) is 3.14. The van der Waals surface area contributed by atoms with Crippen molar-refractivity contribution in [2.75, 3.05) is 0 Å². The number of aromatic hydroxyl groups is 1. The summed E-state index contributed by atoms with van der Waals surface area (Å²) in [5.41, 5.74) is 1.18. The minimum absolute atomic E-state index is 0.0486. The fraction of sp³-hybridized carbons (Fsp3) is 0.222. The van der Waals surface area contributed by atoms with Crippen LogP contribution in [0.25, 0.3) is 0 Å². The summed E-state index contributed by atoms with van der Waals surface area (Å²) in [6.07, 6.45) is 0. The van der Waals surface area contributed by atoms with Gasteiger partial charge in [0.15, 0.2) is 5.78 Å². The van der Waals surface area contributed by atoms with Gasteiger partial charge in [0, 0.05) is 5.56 Å². The zero-order valence-electron chi connectivity index (χ0n) is 6.89. The van der Waals surface area contributed by atoms with E-state index in [1.807, 2.05) is 0 Å². The van der Waals surface area contributed by atoms with Gasteiger partial charge in [-0.1, -0.05) is 17.7 Å². The maximum absolute atomic E-state index is 11.0. The van der Waals surface area contributed by atoms with Gasteiger partial charge >= 0.3 is 0 Å². The number of phenolic OH excluding ortho intramolecular Hbond substituents is 1. The topological polar surface area (TPSA) is 37.3 Å². The molecule has 0 bridgehead atoms. The number of rotatable bonds is 1. The first kappa shape index (κ1) is 9.07. The SMILES string of the molecule is CC(=O)c1c(C)ccc(O)c1Cl. The van der Waals surface area contributed by atoms with Crippen LogP contribution in [0.3, 0.4) is 0 Å². The molecule has 12 heavy (non-hydrogen) atoms. The average molecular weight is 185 g/mol. The van der Waals surface area contributed by atoms with Crippen molar-refractivity contribution in [2.24, 2.45) is 0 Å². The highest BCUT2D eigenvalue weighted by atomic mass is 35.5. The standard InChI is InChI=1S/C9H9ClO2/c1-5-3-4-7(12)9(10)8(5)6(2)11/h3-4,12H,1-2H3. The Hall–Kier alpha value is -1.02. The summed E-state index contributed by atoms with van der Waals surface area (Å²) in [4.78, 5) is 11.0. The molecule has 0 saturated heterocycles. The van der Waals surface area contributed by atoms with E-state index in [0.717, 1.165) is 5.56 Å². The predicted molar refractivity (Wildman–Crippen MR) is 47.9 cm³/mol. The normalized spacial score (nSPS) is 9.92. The molecule has 0 aliphatic rings. The monoisotopic (exact) mass is 184 g/mol. The molecule has 0 saturated carbocycles. The highest BCUT2D eigenvalue weighted by Gasteiger charge is 2.11. The van der Waals surface area contributed by atoms with E-state index < -0.39 is 0 Å². The minimum Gasteiger partial charge on any atom is -0.506 e. The summed E-state index contributed by atoms with van der Waals surface area (Å²) in [5, 5.41) is 9.33. The highest BCUT2D eigenvalue weighted by Crippen LogP contribution is 2.29. The van der Waals surface area contributed by atoms with Gasteiger partial charge in [-0.05, 0) is 25.5 Å². The fourth-order valence-corrected chi connectivity index (χ4v) is 1.44. The molecule has 3 heteroatoms. The first-order chi connectivity index (χ1) is 5.54. The van der Waals surface area contributed by atoms with Crippen molar-refractivity contribution >= 4 is 17.4 Å². The third kappa shape index (κ3) is 1.43. The van der Waals surface area contributed by atoms with Crippen LogP contribution in [0.5, 0.6) is 5.75 Å². The van der Waals surface area contributed by atoms with Crippen LogP contribution in [-0.4, -0.2) is 10.9 Å². The molecule has 0 heterocycles. The first-order valence-electron chi connectivity index (χ1n) is 3.53. The van der Waals surface area contributed by atoms with Crippen LogP contribution in [0.1, 0.15) is 22.8 Å². The fourth-order valence-electron chi connectivity index (χ4n) is 1.09. The molecule has 2 nitrogen and oxygen atoms in total. The van der Waals surface area contributed by atoms with Gasteiger partial charge in [-0.3, -0.25) is 4.79 Å². The molecule has 0 aliphatic heterocycles. The van der Waals surface area contributed by atoms with Crippen molar-refractivity contribution in [2.45, 2.75) is 13.8 Å². The Bertz CT molecular complexity index is 332. The van der Waals surface area contributed by atoms with Crippen molar-refractivity contribution in [3.05, 3.63) is 28.3 Å². The number of benzene rings is 1. The third-order valence-corrected chi connectivity index (χ3v) is 2.06. The number of ketones is 1. The van der Waals surface area contributed by atoms with Crippen LogP contribution in [-0.2, 0) is 0 Å². The quantitative estimate of drug-likeness (QED) is 0.682. The lowest BCUT2D eigenvalue weighted by atomic mass is 10.1. The molecule has 0 amide bonds. The Labute approximate surface area is 75.8 Å². The number of aryl methyl sites for hydroxylation is 1. The van der Waals surface area contributed by atoms with Gasteiger partial charge in [0.2, 0.25) is 0 Å². The molecule has 1 aromatic carbocycles. The molecule has 0 aliphatic carbocycles. The number of carbonyl (C=O) groups is 1. The largest absolute Gasteiger partial charge is 0.506 e. The molecule has 1 aromatic rings. The number of Topliss-reactive ketones (excluding diaryl/α,β-unsaturated/α-hetero) is 1. The number of hydrogen-bond donors (Lipinski definition) is 1. The van der Waals surface area contributed by atoms with Gasteiger partial charge < -0.3 is 5.11 Å². The number of hydrogen-bond acceptors (Lipinski definition) is 2. The third-order valence-electron chi connectivity index (χ3n) is 1.68. The molecule has 0 atom stereocenters. The molecular weight excluding hydrogens is 176 g/mol. The second-order valence-electron chi connectivity index (χ2n) is 2.65. The maximum atomic E-state index is 11.0. The zero-order valence-corrected chi connectivity index (χ0v) is 7.64. The van der Waals surface area contributed by atoms with Gasteiger partial charge in [0.05, 0.1) is 5.02 Å².